The van der Waals surface area contributed by atoms with Crippen molar-refractivity contribution >= 4 is 0 Å². The number of hydrogen-bond acceptors (Lipinski definition) is 2. The van der Waals surface area contributed by atoms with Gasteiger partial charge in [-0.05, 0) is 18.8 Å². The fourth-order valence-corrected chi connectivity index (χ4v) is 2.49. The lowest BCUT2D eigenvalue weighted by Crippen LogP contribution is -2.34. The molecule has 0 radical (unpaired) electrons. The molecule has 2 aliphatic rings. The summed E-state index contributed by atoms with van der Waals surface area (Å²) in [6, 6.07) is 0.757. The van der Waals surface area contributed by atoms with Gasteiger partial charge in [-0.2, -0.15) is 0 Å². The van der Waals surface area contributed by atoms with E-state index < -0.39 is 0 Å². The lowest BCUT2D eigenvalue weighted by Gasteiger charge is -2.24. The van der Waals surface area contributed by atoms with E-state index in [1.165, 1.54) is 25.9 Å². The molecular weight excluding hydrogens is 150 g/mol. The Labute approximate surface area is 76.4 Å². The lowest BCUT2D eigenvalue weighted by molar-refractivity contribution is 0.104. The minimum Gasteiger partial charge on any atom is -0.376 e. The van der Waals surface area contributed by atoms with Crippen LogP contribution in [0.4, 0.5) is 0 Å². The van der Waals surface area contributed by atoms with Gasteiger partial charge in [-0.25, -0.2) is 0 Å². The number of rotatable bonds is 2. The first-order chi connectivity index (χ1) is 5.77. The minimum absolute atomic E-state index is 0. The maximum absolute atomic E-state index is 5.65. The Kier molecular flexibility index (Phi) is 2.37. The highest BCUT2D eigenvalue weighted by Gasteiger charge is 2.38. The normalized spacial score (nSPS) is 36.2. The van der Waals surface area contributed by atoms with Gasteiger partial charge in [0.05, 0.1) is 6.10 Å². The minimum atomic E-state index is 0. The summed E-state index contributed by atoms with van der Waals surface area (Å²) in [7, 11) is 0. The molecule has 0 saturated carbocycles. The van der Waals surface area contributed by atoms with E-state index in [0.29, 0.717) is 6.10 Å². The zero-order valence-corrected chi connectivity index (χ0v) is 8.12. The predicted octanol–water partition coefficient (Wildman–Crippen LogP) is 1.75. The molecule has 12 heavy (non-hydrogen) atoms. The maximum Gasteiger partial charge on any atom is 0.0743 e. The summed E-state index contributed by atoms with van der Waals surface area (Å²) in [5.74, 6) is 0.796. The van der Waals surface area contributed by atoms with Crippen molar-refractivity contribution in [2.75, 3.05) is 19.7 Å². The second-order valence-electron chi connectivity index (χ2n) is 4.44. The molecule has 2 rings (SSSR count). The molecule has 1 unspecified atom stereocenters. The van der Waals surface area contributed by atoms with Gasteiger partial charge in [0, 0.05) is 27.2 Å². The summed E-state index contributed by atoms with van der Waals surface area (Å²) < 4.78 is 5.65. The van der Waals surface area contributed by atoms with Crippen molar-refractivity contribution in [3.8, 4) is 0 Å². The Morgan fingerprint density at radius 2 is 2.33 bits per heavy atom. The number of fused-ring (bicyclic) bond motifs is 1. The molecule has 0 aromatic heterocycles. The average molecular weight is 171 g/mol. The molecule has 2 fully saturated rings. The molecule has 72 valence electrons. The fraction of sp³-hybridized carbons (Fsp3) is 1.00. The van der Waals surface area contributed by atoms with Crippen LogP contribution in [0.3, 0.4) is 0 Å². The molecule has 2 nitrogen and oxygen atoms in total. The molecule has 0 spiro atoms. The Morgan fingerprint density at radius 1 is 1.50 bits per heavy atom. The number of likely N-dealkylation sites (tertiary alicyclic amines) is 1. The second-order valence-corrected chi connectivity index (χ2v) is 4.44. The van der Waals surface area contributed by atoms with Crippen LogP contribution in [0.2, 0.25) is 0 Å². The Balaban J connectivity index is 0.000000845. The third-order valence-electron chi connectivity index (χ3n) is 2.94. The van der Waals surface area contributed by atoms with Crippen LogP contribution in [-0.4, -0.2) is 36.7 Å². The van der Waals surface area contributed by atoms with Crippen LogP contribution in [0.1, 0.15) is 28.1 Å². The summed E-state index contributed by atoms with van der Waals surface area (Å²) >= 11 is 0. The van der Waals surface area contributed by atoms with Gasteiger partial charge in [0.15, 0.2) is 0 Å². The van der Waals surface area contributed by atoms with Crippen LogP contribution < -0.4 is 0 Å². The molecule has 2 saturated heterocycles. The summed E-state index contributed by atoms with van der Waals surface area (Å²) in [4.78, 5) is 2.61. The van der Waals surface area contributed by atoms with E-state index in [1.807, 2.05) is 0 Å². The van der Waals surface area contributed by atoms with Crippen molar-refractivity contribution < 1.29 is 6.16 Å². The van der Waals surface area contributed by atoms with E-state index in [1.54, 1.807) is 0 Å². The highest BCUT2D eigenvalue weighted by atomic mass is 16.5. The largest absolute Gasteiger partial charge is 0.376 e. The monoisotopic (exact) mass is 171 g/mol. The van der Waals surface area contributed by atoms with Gasteiger partial charge in [-0.15, -0.1) is 0 Å². The maximum atomic E-state index is 5.65. The van der Waals surface area contributed by atoms with Crippen molar-refractivity contribution in [3.05, 3.63) is 0 Å². The number of hydrogen-bond donors (Lipinski definition) is 0. The average Bonchev–Trinajstić information content (AvgIpc) is 2.52. The van der Waals surface area contributed by atoms with Crippen LogP contribution in [0.25, 0.3) is 0 Å². The topological polar surface area (TPSA) is 12.5 Å². The highest BCUT2D eigenvalue weighted by Crippen LogP contribution is 2.29. The van der Waals surface area contributed by atoms with E-state index >= 15 is 0 Å². The molecule has 0 aliphatic carbocycles. The molecular formula is C10H21NO. The quantitative estimate of drug-likeness (QED) is 0.627. The molecule has 0 aromatic carbocycles. The van der Waals surface area contributed by atoms with E-state index in [0.717, 1.165) is 18.6 Å². The van der Waals surface area contributed by atoms with E-state index in [4.69, 9.17) is 4.74 Å². The molecule has 0 aromatic rings. The van der Waals surface area contributed by atoms with Gasteiger partial charge in [0.2, 0.25) is 0 Å². The molecule has 0 bridgehead atoms. The lowest BCUT2D eigenvalue weighted by atomic mass is 10.1. The van der Waals surface area contributed by atoms with E-state index in [-0.39, 0.29) is 1.43 Å². The van der Waals surface area contributed by atoms with Gasteiger partial charge >= 0.3 is 0 Å². The zero-order chi connectivity index (χ0) is 8.55. The molecule has 2 aliphatic heterocycles. The zero-order valence-electron chi connectivity index (χ0n) is 8.12. The van der Waals surface area contributed by atoms with Crippen molar-refractivity contribution in [1.29, 1.82) is 0 Å². The summed E-state index contributed by atoms with van der Waals surface area (Å²) in [6.07, 6.45) is 3.10. The van der Waals surface area contributed by atoms with Gasteiger partial charge < -0.3 is 4.74 Å². The van der Waals surface area contributed by atoms with Crippen LogP contribution >= 0.6 is 0 Å². The van der Waals surface area contributed by atoms with Crippen molar-refractivity contribution in [2.24, 2.45) is 5.92 Å². The van der Waals surface area contributed by atoms with Gasteiger partial charge in [0.1, 0.15) is 0 Å². The van der Waals surface area contributed by atoms with Gasteiger partial charge in [-0.3, -0.25) is 4.90 Å². The van der Waals surface area contributed by atoms with Gasteiger partial charge in [0.25, 0.3) is 0 Å². The third kappa shape index (κ3) is 1.50. The molecule has 2 heteroatoms. The first-order valence-electron chi connectivity index (χ1n) is 5.13. The summed E-state index contributed by atoms with van der Waals surface area (Å²) in [5, 5.41) is 0. The Bertz CT molecular complexity index is 163. The molecule has 2 atom stereocenters. The molecule has 0 N–H and O–H groups in total. The van der Waals surface area contributed by atoms with E-state index in [2.05, 4.69) is 18.7 Å². The fourth-order valence-electron chi connectivity index (χ4n) is 2.49. The third-order valence-corrected chi connectivity index (χ3v) is 2.94. The van der Waals surface area contributed by atoms with Crippen LogP contribution in [-0.2, 0) is 4.74 Å². The second kappa shape index (κ2) is 3.35. The molecule has 0 amide bonds. The smallest absolute Gasteiger partial charge is 0.0743 e. The van der Waals surface area contributed by atoms with Crippen LogP contribution in [0.5, 0.6) is 0 Å². The summed E-state index contributed by atoms with van der Waals surface area (Å²) in [6.45, 7) is 8.09. The van der Waals surface area contributed by atoms with E-state index in [9.17, 15) is 0 Å². The predicted molar refractivity (Wildman–Crippen MR) is 51.3 cm³/mol. The summed E-state index contributed by atoms with van der Waals surface area (Å²) in [5.41, 5.74) is 0. The first-order valence-corrected chi connectivity index (χ1v) is 5.13. The number of ether oxygens (including phenoxy) is 1. The van der Waals surface area contributed by atoms with Crippen LogP contribution in [0.15, 0.2) is 0 Å². The van der Waals surface area contributed by atoms with Crippen LogP contribution in [0, 0.1) is 5.92 Å². The van der Waals surface area contributed by atoms with Gasteiger partial charge in [-0.1, -0.05) is 13.8 Å². The SMILES string of the molecule is CC(C)CN1CCC2OCC[C@H]21.[HH]. The van der Waals surface area contributed by atoms with Crippen molar-refractivity contribution in [1.82, 2.24) is 4.90 Å². The molecule has 2 heterocycles. The Morgan fingerprint density at radius 3 is 3.08 bits per heavy atom. The first kappa shape index (κ1) is 8.52. The Hall–Kier alpha value is -0.0800. The standard InChI is InChI=1S/C10H19NO.H2/c1-8(2)7-11-5-3-10-9(11)4-6-12-10;/h8-10H,3-7H2,1-2H3;1H/t9-,10?;/m1./s1. The van der Waals surface area contributed by atoms with Crippen molar-refractivity contribution in [2.45, 2.75) is 38.8 Å². The highest BCUT2D eigenvalue weighted by molar-refractivity contribution is 4.91. The van der Waals surface area contributed by atoms with Crippen molar-refractivity contribution in [3.63, 3.8) is 0 Å². The number of nitrogens with zero attached hydrogens (tertiary/aromatic N) is 1.